The van der Waals surface area contributed by atoms with E-state index in [1.807, 2.05) is 41.3 Å². The van der Waals surface area contributed by atoms with E-state index in [-0.39, 0.29) is 4.32 Å². The first-order valence-electron chi connectivity index (χ1n) is 6.66. The number of benzene rings is 2. The summed E-state index contributed by atoms with van der Waals surface area (Å²) in [6.45, 7) is 1.32. The van der Waals surface area contributed by atoms with Gasteiger partial charge in [0.15, 0.2) is 4.32 Å². The average Bonchev–Trinajstić information content (AvgIpc) is 2.54. The third kappa shape index (κ3) is 5.63. The standard InChI is InChI=1S/C16H16N2OS3/c17-15(20)22-19-16(21)18(11-13-7-3-1-4-8-13)12-14-9-5-2-6-10-14/h1-10H,11-12H2,(H2,17,20). The zero-order chi connectivity index (χ0) is 15.8. The van der Waals surface area contributed by atoms with Crippen molar-refractivity contribution in [2.75, 3.05) is 0 Å². The minimum atomic E-state index is 0.210. The van der Waals surface area contributed by atoms with E-state index in [0.29, 0.717) is 18.3 Å². The van der Waals surface area contributed by atoms with Crippen LogP contribution in [0.25, 0.3) is 0 Å². The third-order valence-electron chi connectivity index (χ3n) is 2.89. The molecule has 2 rings (SSSR count). The first-order chi connectivity index (χ1) is 10.6. The topological polar surface area (TPSA) is 38.5 Å². The molecule has 2 N–H and O–H groups in total. The van der Waals surface area contributed by atoms with Gasteiger partial charge in [-0.3, -0.25) is 0 Å². The van der Waals surface area contributed by atoms with E-state index < -0.39 is 0 Å². The van der Waals surface area contributed by atoms with Gasteiger partial charge < -0.3 is 14.8 Å². The van der Waals surface area contributed by atoms with Crippen LogP contribution < -0.4 is 5.73 Å². The second-order valence-corrected chi connectivity index (χ2v) is 6.40. The fourth-order valence-corrected chi connectivity index (χ4v) is 2.51. The molecule has 0 aromatic heterocycles. The Morgan fingerprint density at radius 3 is 1.77 bits per heavy atom. The number of nitrogens with zero attached hydrogens (tertiary/aromatic N) is 1. The van der Waals surface area contributed by atoms with E-state index in [9.17, 15) is 0 Å². The smallest absolute Gasteiger partial charge is 0.273 e. The highest BCUT2D eigenvalue weighted by molar-refractivity contribution is 8.20. The molecule has 0 aliphatic rings. The zero-order valence-electron chi connectivity index (χ0n) is 11.8. The maximum Gasteiger partial charge on any atom is 0.273 e. The van der Waals surface area contributed by atoms with Crippen molar-refractivity contribution in [1.29, 1.82) is 0 Å². The van der Waals surface area contributed by atoms with Gasteiger partial charge in [-0.2, -0.15) is 0 Å². The Morgan fingerprint density at radius 1 is 0.909 bits per heavy atom. The molecule has 0 atom stereocenters. The summed E-state index contributed by atoms with van der Waals surface area (Å²) < 4.78 is 5.63. The molecule has 3 nitrogen and oxygen atoms in total. The molecule has 0 fully saturated rings. The van der Waals surface area contributed by atoms with Gasteiger partial charge in [-0.15, -0.1) is 0 Å². The summed E-state index contributed by atoms with van der Waals surface area (Å²) in [5.41, 5.74) is 7.75. The van der Waals surface area contributed by atoms with Crippen LogP contribution >= 0.6 is 36.5 Å². The van der Waals surface area contributed by atoms with Crippen molar-refractivity contribution in [3.63, 3.8) is 0 Å². The normalized spacial score (nSPS) is 10.0. The first-order valence-corrected chi connectivity index (χ1v) is 8.21. The molecule has 22 heavy (non-hydrogen) atoms. The molecular formula is C16H16N2OS3. The van der Waals surface area contributed by atoms with Crippen molar-refractivity contribution in [2.24, 2.45) is 5.73 Å². The summed E-state index contributed by atoms with van der Waals surface area (Å²) in [4.78, 5) is 1.98. The van der Waals surface area contributed by atoms with Crippen molar-refractivity contribution in [3.05, 3.63) is 71.8 Å². The maximum absolute atomic E-state index is 5.44. The molecule has 0 bridgehead atoms. The fourth-order valence-electron chi connectivity index (χ4n) is 1.92. The van der Waals surface area contributed by atoms with Gasteiger partial charge >= 0.3 is 0 Å². The van der Waals surface area contributed by atoms with Gasteiger partial charge in [0.1, 0.15) is 12.0 Å². The number of rotatable bonds is 4. The van der Waals surface area contributed by atoms with E-state index in [1.165, 1.54) is 0 Å². The minimum Gasteiger partial charge on any atom is -0.390 e. The molecule has 0 heterocycles. The first kappa shape index (κ1) is 16.7. The van der Waals surface area contributed by atoms with Crippen molar-refractivity contribution >= 4 is 46.0 Å². The zero-order valence-corrected chi connectivity index (χ0v) is 14.3. The van der Waals surface area contributed by atoms with Crippen LogP contribution in [0, 0.1) is 0 Å². The van der Waals surface area contributed by atoms with E-state index in [0.717, 1.165) is 23.2 Å². The largest absolute Gasteiger partial charge is 0.390 e. The summed E-state index contributed by atoms with van der Waals surface area (Å²) >= 11 is 11.1. The van der Waals surface area contributed by atoms with E-state index in [1.54, 1.807) is 0 Å². The van der Waals surface area contributed by atoms with Gasteiger partial charge in [-0.25, -0.2) is 0 Å². The summed E-state index contributed by atoms with van der Waals surface area (Å²) in [6.07, 6.45) is 0. The molecule has 6 heteroatoms. The Labute approximate surface area is 145 Å². The Bertz CT molecular complexity index is 578. The predicted molar refractivity (Wildman–Crippen MR) is 100 cm³/mol. The van der Waals surface area contributed by atoms with Crippen molar-refractivity contribution in [3.8, 4) is 0 Å². The van der Waals surface area contributed by atoms with Crippen molar-refractivity contribution < 1.29 is 4.18 Å². The molecule has 0 amide bonds. The van der Waals surface area contributed by atoms with Gasteiger partial charge in [0.05, 0.1) is 0 Å². The minimum absolute atomic E-state index is 0.210. The molecule has 0 spiro atoms. The molecule has 2 aromatic rings. The number of thiocarbonyl (C=S) groups is 2. The third-order valence-corrected chi connectivity index (χ3v) is 3.94. The molecular weight excluding hydrogens is 332 g/mol. The van der Waals surface area contributed by atoms with Gasteiger partial charge in [0.2, 0.25) is 0 Å². The van der Waals surface area contributed by atoms with Crippen LogP contribution in [0.2, 0.25) is 0 Å². The maximum atomic E-state index is 5.44. The van der Waals surface area contributed by atoms with E-state index >= 15 is 0 Å². The van der Waals surface area contributed by atoms with Crippen LogP contribution in [0.4, 0.5) is 0 Å². The molecule has 0 unspecified atom stereocenters. The number of hydrogen-bond donors (Lipinski definition) is 1. The van der Waals surface area contributed by atoms with Gasteiger partial charge in [-0.1, -0.05) is 60.7 Å². The summed E-state index contributed by atoms with van der Waals surface area (Å²) in [7, 11) is 0. The molecule has 2 aromatic carbocycles. The van der Waals surface area contributed by atoms with Crippen LogP contribution in [-0.2, 0) is 17.3 Å². The van der Waals surface area contributed by atoms with Crippen molar-refractivity contribution in [2.45, 2.75) is 13.1 Å². The predicted octanol–water partition coefficient (Wildman–Crippen LogP) is 3.88. The number of nitrogens with two attached hydrogens (primary N) is 1. The van der Waals surface area contributed by atoms with Gasteiger partial charge in [-0.05, 0) is 35.6 Å². The quantitative estimate of drug-likeness (QED) is 0.668. The lowest BCUT2D eigenvalue weighted by Crippen LogP contribution is -2.29. The SMILES string of the molecule is NC(=S)SOC(=S)N(Cc1ccccc1)Cc1ccccc1. The Kier molecular flexibility index (Phi) is 6.64. The van der Waals surface area contributed by atoms with Gasteiger partial charge in [0, 0.05) is 13.1 Å². The molecule has 0 aliphatic carbocycles. The lowest BCUT2D eigenvalue weighted by Gasteiger charge is -2.24. The summed E-state index contributed by atoms with van der Waals surface area (Å²) in [5.74, 6) is 0. The molecule has 0 aliphatic heterocycles. The molecule has 0 saturated heterocycles. The molecule has 114 valence electrons. The monoisotopic (exact) mass is 348 g/mol. The van der Waals surface area contributed by atoms with Crippen LogP contribution in [0.15, 0.2) is 60.7 Å². The molecule has 0 saturated carbocycles. The van der Waals surface area contributed by atoms with Crippen LogP contribution in [0.5, 0.6) is 0 Å². The Balaban J connectivity index is 2.09. The fraction of sp³-hybridized carbons (Fsp3) is 0.125. The second kappa shape index (κ2) is 8.73. The Morgan fingerprint density at radius 2 is 1.36 bits per heavy atom. The highest BCUT2D eigenvalue weighted by Gasteiger charge is 2.13. The van der Waals surface area contributed by atoms with Crippen LogP contribution in [0.1, 0.15) is 11.1 Å². The lowest BCUT2D eigenvalue weighted by atomic mass is 10.2. The van der Waals surface area contributed by atoms with Crippen molar-refractivity contribution in [1.82, 2.24) is 4.90 Å². The summed E-state index contributed by atoms with van der Waals surface area (Å²) in [6, 6.07) is 20.2. The second-order valence-electron chi connectivity index (χ2n) is 4.58. The highest BCUT2D eigenvalue weighted by atomic mass is 32.2. The Hall–Kier alpha value is -1.63. The van der Waals surface area contributed by atoms with E-state index in [2.05, 4.69) is 24.3 Å². The van der Waals surface area contributed by atoms with Crippen LogP contribution in [0.3, 0.4) is 0 Å². The van der Waals surface area contributed by atoms with E-state index in [4.69, 9.17) is 34.4 Å². The summed E-state index contributed by atoms with van der Waals surface area (Å²) in [5, 5.41) is 0.366. The highest BCUT2D eigenvalue weighted by Crippen LogP contribution is 2.14. The molecule has 0 radical (unpaired) electrons. The van der Waals surface area contributed by atoms with Crippen LogP contribution in [-0.4, -0.2) is 14.4 Å². The van der Waals surface area contributed by atoms with Gasteiger partial charge in [0.25, 0.3) is 5.17 Å². The lowest BCUT2D eigenvalue weighted by molar-refractivity contribution is 0.355. The number of hydrogen-bond acceptors (Lipinski definition) is 4. The average molecular weight is 349 g/mol.